The van der Waals surface area contributed by atoms with Gasteiger partial charge in [0, 0.05) is 18.3 Å². The van der Waals surface area contributed by atoms with Gasteiger partial charge in [0.05, 0.1) is 10.2 Å². The summed E-state index contributed by atoms with van der Waals surface area (Å²) in [6.45, 7) is 6.11. The molecule has 0 saturated carbocycles. The summed E-state index contributed by atoms with van der Waals surface area (Å²) in [5, 5.41) is 4.27. The summed E-state index contributed by atoms with van der Waals surface area (Å²) >= 11 is 1.74. The van der Waals surface area contributed by atoms with Crippen LogP contribution in [0.4, 0.5) is 5.69 Å². The lowest BCUT2D eigenvalue weighted by molar-refractivity contribution is 1.39. The van der Waals surface area contributed by atoms with Gasteiger partial charge in [0.25, 0.3) is 0 Å². The zero-order valence-corrected chi connectivity index (χ0v) is 13.2. The number of nitrogens with zero attached hydrogens (tertiary/aromatic N) is 1. The van der Waals surface area contributed by atoms with Crippen LogP contribution in [0, 0.1) is 6.92 Å². The molecule has 0 saturated heterocycles. The van der Waals surface area contributed by atoms with Crippen molar-refractivity contribution in [3.05, 3.63) is 48.0 Å². The molecule has 0 aliphatic carbocycles. The molecule has 0 unspecified atom stereocenters. The first-order valence-electron chi connectivity index (χ1n) is 6.92. The van der Waals surface area contributed by atoms with Gasteiger partial charge in [-0.3, -0.25) is 0 Å². The minimum atomic E-state index is 1.08. The fraction of sp³-hybridized carbons (Fsp3) is 0.235. The third kappa shape index (κ3) is 2.83. The number of hydrogen-bond acceptors (Lipinski definition) is 3. The number of aryl methyl sites for hydroxylation is 1. The lowest BCUT2D eigenvalue weighted by Gasteiger charge is -2.05. The normalized spacial score (nSPS) is 10.0. The van der Waals surface area contributed by atoms with Gasteiger partial charge in [0.2, 0.25) is 0 Å². The van der Waals surface area contributed by atoms with Gasteiger partial charge in [0.1, 0.15) is 5.01 Å². The van der Waals surface area contributed by atoms with Crippen molar-refractivity contribution in [2.75, 3.05) is 12.4 Å². The molecule has 0 aliphatic rings. The Balaban J connectivity index is 0.000000704. The second-order valence-corrected chi connectivity index (χ2v) is 5.30. The molecular weight excluding hydrogens is 264 g/mol. The van der Waals surface area contributed by atoms with Crippen molar-refractivity contribution in [1.29, 1.82) is 0 Å². The second-order valence-electron chi connectivity index (χ2n) is 4.27. The van der Waals surface area contributed by atoms with Crippen molar-refractivity contribution >= 4 is 27.2 Å². The molecule has 3 aromatic rings. The van der Waals surface area contributed by atoms with Crippen molar-refractivity contribution in [2.45, 2.75) is 20.8 Å². The van der Waals surface area contributed by atoms with Crippen LogP contribution in [0.25, 0.3) is 20.8 Å². The standard InChI is InChI=1S/C15H14N2S.C2H6/c1-10-9-11(7-8-12(10)16-2)15-17-13-5-3-4-6-14(13)18-15;1-2/h3-9,16H,1-2H3;1-2H3. The summed E-state index contributed by atoms with van der Waals surface area (Å²) in [6.07, 6.45) is 0. The zero-order valence-electron chi connectivity index (χ0n) is 12.4. The fourth-order valence-corrected chi connectivity index (χ4v) is 3.03. The van der Waals surface area contributed by atoms with Crippen LogP contribution in [0.3, 0.4) is 0 Å². The molecular formula is C17H20N2S. The third-order valence-electron chi connectivity index (χ3n) is 3.04. The number of nitrogens with one attached hydrogen (secondary N) is 1. The molecule has 0 aliphatic heterocycles. The van der Waals surface area contributed by atoms with E-state index in [2.05, 4.69) is 53.6 Å². The Labute approximate surface area is 124 Å². The first-order valence-corrected chi connectivity index (χ1v) is 7.74. The molecule has 0 fully saturated rings. The number of anilines is 1. The van der Waals surface area contributed by atoms with Gasteiger partial charge in [-0.05, 0) is 42.8 Å². The van der Waals surface area contributed by atoms with E-state index >= 15 is 0 Å². The van der Waals surface area contributed by atoms with Crippen LogP contribution in [-0.4, -0.2) is 12.0 Å². The highest BCUT2D eigenvalue weighted by molar-refractivity contribution is 7.21. The minimum Gasteiger partial charge on any atom is -0.388 e. The van der Waals surface area contributed by atoms with Crippen LogP contribution in [0.5, 0.6) is 0 Å². The average Bonchev–Trinajstić information content (AvgIpc) is 2.93. The molecule has 2 aromatic carbocycles. The topological polar surface area (TPSA) is 24.9 Å². The number of aromatic nitrogens is 1. The van der Waals surface area contributed by atoms with Gasteiger partial charge in [-0.25, -0.2) is 4.98 Å². The highest BCUT2D eigenvalue weighted by Crippen LogP contribution is 2.31. The second kappa shape index (κ2) is 6.53. The maximum Gasteiger partial charge on any atom is 0.124 e. The van der Waals surface area contributed by atoms with Crippen LogP contribution >= 0.6 is 11.3 Å². The van der Waals surface area contributed by atoms with Gasteiger partial charge >= 0.3 is 0 Å². The molecule has 0 bridgehead atoms. The first-order chi connectivity index (χ1) is 9.78. The van der Waals surface area contributed by atoms with E-state index in [-0.39, 0.29) is 0 Å². The van der Waals surface area contributed by atoms with Gasteiger partial charge in [-0.1, -0.05) is 26.0 Å². The molecule has 3 heteroatoms. The fourth-order valence-electron chi connectivity index (χ4n) is 2.07. The Morgan fingerprint density at radius 2 is 1.80 bits per heavy atom. The maximum atomic E-state index is 4.68. The van der Waals surface area contributed by atoms with Gasteiger partial charge < -0.3 is 5.32 Å². The van der Waals surface area contributed by atoms with Crippen molar-refractivity contribution < 1.29 is 0 Å². The van der Waals surface area contributed by atoms with Crippen LogP contribution in [0.2, 0.25) is 0 Å². The predicted molar refractivity (Wildman–Crippen MR) is 90.7 cm³/mol. The monoisotopic (exact) mass is 284 g/mol. The van der Waals surface area contributed by atoms with E-state index in [0.29, 0.717) is 0 Å². The molecule has 3 rings (SSSR count). The van der Waals surface area contributed by atoms with Crippen molar-refractivity contribution in [2.24, 2.45) is 0 Å². The van der Waals surface area contributed by atoms with E-state index in [1.807, 2.05) is 27.0 Å². The van der Waals surface area contributed by atoms with Crippen LogP contribution in [0.15, 0.2) is 42.5 Å². The van der Waals surface area contributed by atoms with Crippen molar-refractivity contribution in [3.8, 4) is 10.6 Å². The number of thiazole rings is 1. The van der Waals surface area contributed by atoms with E-state index in [0.717, 1.165) is 10.5 Å². The Kier molecular flexibility index (Phi) is 4.74. The smallest absolute Gasteiger partial charge is 0.124 e. The zero-order chi connectivity index (χ0) is 14.5. The predicted octanol–water partition coefficient (Wildman–Crippen LogP) is 5.34. The SMILES string of the molecule is CC.CNc1ccc(-c2nc3ccccc3s2)cc1C. The molecule has 104 valence electrons. The molecule has 0 amide bonds. The Hall–Kier alpha value is -1.87. The van der Waals surface area contributed by atoms with Crippen molar-refractivity contribution in [1.82, 2.24) is 4.98 Å². The molecule has 1 N–H and O–H groups in total. The summed E-state index contributed by atoms with van der Waals surface area (Å²) in [5.74, 6) is 0. The van der Waals surface area contributed by atoms with Gasteiger partial charge in [-0.15, -0.1) is 11.3 Å². The van der Waals surface area contributed by atoms with Crippen LogP contribution < -0.4 is 5.32 Å². The molecule has 1 heterocycles. The number of rotatable bonds is 2. The van der Waals surface area contributed by atoms with E-state index in [4.69, 9.17) is 0 Å². The highest BCUT2D eigenvalue weighted by atomic mass is 32.1. The first kappa shape index (κ1) is 14.5. The summed E-state index contributed by atoms with van der Waals surface area (Å²) < 4.78 is 1.24. The molecule has 0 atom stereocenters. The van der Waals surface area contributed by atoms with E-state index in [1.165, 1.54) is 21.5 Å². The van der Waals surface area contributed by atoms with E-state index in [9.17, 15) is 0 Å². The van der Waals surface area contributed by atoms with E-state index < -0.39 is 0 Å². The summed E-state index contributed by atoms with van der Waals surface area (Å²) in [6, 6.07) is 14.7. The Bertz CT molecular complexity index is 668. The average molecular weight is 284 g/mol. The number of para-hydroxylation sites is 1. The van der Waals surface area contributed by atoms with Gasteiger partial charge in [-0.2, -0.15) is 0 Å². The molecule has 2 nitrogen and oxygen atoms in total. The lowest BCUT2D eigenvalue weighted by atomic mass is 10.1. The molecule has 20 heavy (non-hydrogen) atoms. The molecule has 0 radical (unpaired) electrons. The van der Waals surface area contributed by atoms with Crippen LogP contribution in [-0.2, 0) is 0 Å². The Morgan fingerprint density at radius 3 is 2.45 bits per heavy atom. The lowest BCUT2D eigenvalue weighted by Crippen LogP contribution is -1.91. The Morgan fingerprint density at radius 1 is 1.05 bits per heavy atom. The summed E-state index contributed by atoms with van der Waals surface area (Å²) in [4.78, 5) is 4.68. The highest BCUT2D eigenvalue weighted by Gasteiger charge is 2.06. The third-order valence-corrected chi connectivity index (χ3v) is 4.12. The van der Waals surface area contributed by atoms with E-state index in [1.54, 1.807) is 11.3 Å². The molecule has 1 aromatic heterocycles. The summed E-state index contributed by atoms with van der Waals surface area (Å²) in [5.41, 5.74) is 4.68. The maximum absolute atomic E-state index is 4.68. The van der Waals surface area contributed by atoms with Crippen molar-refractivity contribution in [3.63, 3.8) is 0 Å². The number of hydrogen-bond donors (Lipinski definition) is 1. The van der Waals surface area contributed by atoms with Gasteiger partial charge in [0.15, 0.2) is 0 Å². The molecule has 0 spiro atoms. The number of fused-ring (bicyclic) bond motifs is 1. The summed E-state index contributed by atoms with van der Waals surface area (Å²) in [7, 11) is 1.94. The van der Waals surface area contributed by atoms with Crippen LogP contribution in [0.1, 0.15) is 19.4 Å². The quantitative estimate of drug-likeness (QED) is 0.687. The largest absolute Gasteiger partial charge is 0.388 e. The number of benzene rings is 2. The minimum absolute atomic E-state index is 1.08.